The molecule has 0 saturated carbocycles. The number of rotatable bonds is 3. The van der Waals surface area contributed by atoms with E-state index in [9.17, 15) is 0 Å². The lowest BCUT2D eigenvalue weighted by atomic mass is 9.89. The van der Waals surface area contributed by atoms with Crippen molar-refractivity contribution in [2.75, 3.05) is 0 Å². The van der Waals surface area contributed by atoms with Crippen LogP contribution in [0.3, 0.4) is 0 Å². The van der Waals surface area contributed by atoms with E-state index in [1.54, 1.807) is 11.3 Å². The summed E-state index contributed by atoms with van der Waals surface area (Å²) in [7, 11) is 0. The lowest BCUT2D eigenvalue weighted by Crippen LogP contribution is -2.16. The van der Waals surface area contributed by atoms with Crippen molar-refractivity contribution >= 4 is 11.3 Å². The van der Waals surface area contributed by atoms with Crippen molar-refractivity contribution in [3.63, 3.8) is 0 Å². The van der Waals surface area contributed by atoms with Crippen molar-refractivity contribution in [3.8, 4) is 0 Å². The molecule has 0 atom stereocenters. The third-order valence-corrected chi connectivity index (χ3v) is 3.40. The van der Waals surface area contributed by atoms with Gasteiger partial charge in [0.2, 0.25) is 0 Å². The van der Waals surface area contributed by atoms with Gasteiger partial charge in [-0.25, -0.2) is 4.98 Å². The molecule has 68 valence electrons. The summed E-state index contributed by atoms with van der Waals surface area (Å²) in [5.41, 5.74) is 1.42. The zero-order valence-electron chi connectivity index (χ0n) is 8.35. The van der Waals surface area contributed by atoms with E-state index < -0.39 is 0 Å². The number of thiazole rings is 1. The van der Waals surface area contributed by atoms with Gasteiger partial charge in [-0.3, -0.25) is 0 Å². The molecule has 1 heterocycles. The third-order valence-electron chi connectivity index (χ3n) is 2.07. The fourth-order valence-corrected chi connectivity index (χ4v) is 2.35. The Bertz CT molecular complexity index is 250. The first kappa shape index (κ1) is 9.72. The molecule has 12 heavy (non-hydrogen) atoms. The minimum atomic E-state index is 0.272. The van der Waals surface area contributed by atoms with Crippen LogP contribution < -0.4 is 0 Å². The molecule has 0 spiro atoms. The van der Waals surface area contributed by atoms with Gasteiger partial charge in [-0.15, -0.1) is 11.3 Å². The Morgan fingerprint density at radius 1 is 1.50 bits per heavy atom. The standard InChI is InChI=1S/C10H17NS/c1-5-6-10(3,4)9-11-8(2)7-12-9/h7H,5-6H2,1-4H3. The first-order valence-corrected chi connectivity index (χ1v) is 5.37. The molecule has 0 aliphatic heterocycles. The number of nitrogens with zero attached hydrogens (tertiary/aromatic N) is 1. The Morgan fingerprint density at radius 3 is 2.58 bits per heavy atom. The van der Waals surface area contributed by atoms with E-state index in [0.29, 0.717) is 0 Å². The summed E-state index contributed by atoms with van der Waals surface area (Å²) in [5, 5.41) is 3.41. The molecule has 0 aliphatic rings. The van der Waals surface area contributed by atoms with Gasteiger partial charge in [-0.1, -0.05) is 27.2 Å². The summed E-state index contributed by atoms with van der Waals surface area (Å²) in [6, 6.07) is 0. The van der Waals surface area contributed by atoms with Crippen molar-refractivity contribution < 1.29 is 0 Å². The smallest absolute Gasteiger partial charge is 0.0984 e. The van der Waals surface area contributed by atoms with Crippen molar-refractivity contribution in [1.29, 1.82) is 0 Å². The summed E-state index contributed by atoms with van der Waals surface area (Å²) in [4.78, 5) is 4.52. The minimum Gasteiger partial charge on any atom is -0.246 e. The van der Waals surface area contributed by atoms with Crippen LogP contribution in [0.2, 0.25) is 0 Å². The summed E-state index contributed by atoms with van der Waals surface area (Å²) in [6.07, 6.45) is 2.45. The van der Waals surface area contributed by atoms with E-state index in [-0.39, 0.29) is 5.41 Å². The Kier molecular flexibility index (Phi) is 2.89. The van der Waals surface area contributed by atoms with E-state index in [1.165, 1.54) is 17.8 Å². The number of aromatic nitrogens is 1. The fourth-order valence-electron chi connectivity index (χ4n) is 1.40. The normalized spacial score (nSPS) is 12.0. The Labute approximate surface area is 78.8 Å². The second kappa shape index (κ2) is 3.56. The van der Waals surface area contributed by atoms with E-state index >= 15 is 0 Å². The van der Waals surface area contributed by atoms with Crippen LogP contribution in [0.4, 0.5) is 0 Å². The van der Waals surface area contributed by atoms with Crippen LogP contribution in [0.25, 0.3) is 0 Å². The van der Waals surface area contributed by atoms with Crippen molar-refractivity contribution in [1.82, 2.24) is 4.98 Å². The van der Waals surface area contributed by atoms with Crippen LogP contribution in [0.1, 0.15) is 44.3 Å². The molecule has 0 N–H and O–H groups in total. The highest BCUT2D eigenvalue weighted by molar-refractivity contribution is 7.09. The highest BCUT2D eigenvalue weighted by Gasteiger charge is 2.22. The first-order valence-electron chi connectivity index (χ1n) is 4.49. The molecule has 0 aromatic carbocycles. The van der Waals surface area contributed by atoms with Gasteiger partial charge in [-0.05, 0) is 13.3 Å². The lowest BCUT2D eigenvalue weighted by Gasteiger charge is -2.20. The molecule has 1 aromatic rings. The second-order valence-corrected chi connectivity index (χ2v) is 4.79. The molecule has 0 unspecified atom stereocenters. The zero-order chi connectivity index (χ0) is 9.19. The number of aryl methyl sites for hydroxylation is 1. The van der Waals surface area contributed by atoms with Gasteiger partial charge in [0.1, 0.15) is 0 Å². The predicted octanol–water partition coefficient (Wildman–Crippen LogP) is 3.53. The maximum Gasteiger partial charge on any atom is 0.0984 e. The topological polar surface area (TPSA) is 12.9 Å². The highest BCUT2D eigenvalue weighted by Crippen LogP contribution is 2.30. The Hall–Kier alpha value is -0.370. The van der Waals surface area contributed by atoms with Gasteiger partial charge in [0.25, 0.3) is 0 Å². The van der Waals surface area contributed by atoms with E-state index in [2.05, 4.69) is 38.1 Å². The molecule has 0 amide bonds. The maximum atomic E-state index is 4.52. The minimum absolute atomic E-state index is 0.272. The molecule has 1 rings (SSSR count). The highest BCUT2D eigenvalue weighted by atomic mass is 32.1. The lowest BCUT2D eigenvalue weighted by molar-refractivity contribution is 0.470. The van der Waals surface area contributed by atoms with Crippen LogP contribution in [0, 0.1) is 6.92 Å². The molecule has 0 aliphatic carbocycles. The summed E-state index contributed by atoms with van der Waals surface area (Å²) >= 11 is 1.79. The molecule has 0 radical (unpaired) electrons. The fraction of sp³-hybridized carbons (Fsp3) is 0.700. The largest absolute Gasteiger partial charge is 0.246 e. The van der Waals surface area contributed by atoms with Gasteiger partial charge < -0.3 is 0 Å². The van der Waals surface area contributed by atoms with E-state index in [0.717, 1.165) is 5.69 Å². The molecule has 1 aromatic heterocycles. The predicted molar refractivity (Wildman–Crippen MR) is 54.8 cm³/mol. The number of hydrogen-bond donors (Lipinski definition) is 0. The molecule has 0 fully saturated rings. The molecule has 1 nitrogen and oxygen atoms in total. The summed E-state index contributed by atoms with van der Waals surface area (Å²) in [5.74, 6) is 0. The maximum absolute atomic E-state index is 4.52. The number of hydrogen-bond acceptors (Lipinski definition) is 2. The summed E-state index contributed by atoms with van der Waals surface area (Å²) in [6.45, 7) is 8.83. The van der Waals surface area contributed by atoms with Gasteiger partial charge >= 0.3 is 0 Å². The Morgan fingerprint density at radius 2 is 2.17 bits per heavy atom. The SMILES string of the molecule is CCCC(C)(C)c1nc(C)cs1. The van der Waals surface area contributed by atoms with Crippen LogP contribution in [0.5, 0.6) is 0 Å². The van der Waals surface area contributed by atoms with Gasteiger partial charge in [0, 0.05) is 16.5 Å². The van der Waals surface area contributed by atoms with Crippen LogP contribution in [-0.2, 0) is 5.41 Å². The molecular formula is C10H17NS. The van der Waals surface area contributed by atoms with Crippen LogP contribution >= 0.6 is 11.3 Å². The Balaban J connectivity index is 2.81. The second-order valence-electron chi connectivity index (χ2n) is 3.93. The molecule has 0 bridgehead atoms. The zero-order valence-corrected chi connectivity index (χ0v) is 9.16. The van der Waals surface area contributed by atoms with E-state index in [1.807, 2.05) is 0 Å². The van der Waals surface area contributed by atoms with Crippen LogP contribution in [-0.4, -0.2) is 4.98 Å². The third kappa shape index (κ3) is 2.07. The van der Waals surface area contributed by atoms with Crippen molar-refractivity contribution in [2.45, 2.75) is 46.0 Å². The first-order chi connectivity index (χ1) is 5.56. The van der Waals surface area contributed by atoms with Gasteiger partial charge in [0.05, 0.1) is 5.01 Å². The summed E-state index contributed by atoms with van der Waals surface area (Å²) < 4.78 is 0. The molecule has 0 saturated heterocycles. The molecular weight excluding hydrogens is 166 g/mol. The monoisotopic (exact) mass is 183 g/mol. The average Bonchev–Trinajstić information content (AvgIpc) is 2.36. The quantitative estimate of drug-likeness (QED) is 0.698. The average molecular weight is 183 g/mol. The molecule has 2 heteroatoms. The van der Waals surface area contributed by atoms with Crippen LogP contribution in [0.15, 0.2) is 5.38 Å². The van der Waals surface area contributed by atoms with Crippen molar-refractivity contribution in [3.05, 3.63) is 16.1 Å². The van der Waals surface area contributed by atoms with E-state index in [4.69, 9.17) is 0 Å². The van der Waals surface area contributed by atoms with Crippen molar-refractivity contribution in [2.24, 2.45) is 0 Å². The van der Waals surface area contributed by atoms with Gasteiger partial charge in [-0.2, -0.15) is 0 Å². The van der Waals surface area contributed by atoms with Gasteiger partial charge in [0.15, 0.2) is 0 Å².